The van der Waals surface area contributed by atoms with E-state index in [0.29, 0.717) is 24.3 Å². The normalized spacial score (nSPS) is 13.1. The fourth-order valence-electron chi connectivity index (χ4n) is 1.65. The Balaban J connectivity index is 2.87. The van der Waals surface area contributed by atoms with Gasteiger partial charge in [-0.25, -0.2) is 0 Å². The van der Waals surface area contributed by atoms with Crippen LogP contribution in [0, 0.1) is 0 Å². The number of hydrogen-bond acceptors (Lipinski definition) is 3. The van der Waals surface area contributed by atoms with E-state index in [1.54, 1.807) is 19.1 Å². The van der Waals surface area contributed by atoms with Crippen molar-refractivity contribution in [1.82, 2.24) is 0 Å². The molecule has 20 heavy (non-hydrogen) atoms. The smallest absolute Gasteiger partial charge is 0.422 e. The van der Waals surface area contributed by atoms with Crippen LogP contribution in [-0.4, -0.2) is 25.4 Å². The quantitative estimate of drug-likeness (QED) is 0.838. The van der Waals surface area contributed by atoms with Crippen molar-refractivity contribution in [3.63, 3.8) is 0 Å². The fourth-order valence-corrected chi connectivity index (χ4v) is 1.65. The van der Waals surface area contributed by atoms with Crippen molar-refractivity contribution in [1.29, 1.82) is 0 Å². The van der Waals surface area contributed by atoms with Gasteiger partial charge in [0.1, 0.15) is 11.5 Å². The lowest BCUT2D eigenvalue weighted by atomic mass is 10.1. The minimum Gasteiger partial charge on any atom is -0.493 e. The molecule has 6 heteroatoms. The Kier molecular flexibility index (Phi) is 6.13. The first-order valence-electron chi connectivity index (χ1n) is 6.52. The molecule has 2 N–H and O–H groups in total. The van der Waals surface area contributed by atoms with Gasteiger partial charge in [0.2, 0.25) is 0 Å². The van der Waals surface area contributed by atoms with Crippen molar-refractivity contribution >= 4 is 0 Å². The lowest BCUT2D eigenvalue weighted by molar-refractivity contribution is -0.153. The Bertz CT molecular complexity index is 419. The summed E-state index contributed by atoms with van der Waals surface area (Å²) in [5.41, 5.74) is 6.33. The molecule has 0 aromatic heterocycles. The van der Waals surface area contributed by atoms with Crippen LogP contribution < -0.4 is 15.2 Å². The summed E-state index contributed by atoms with van der Waals surface area (Å²) in [6, 6.07) is 4.73. The molecule has 0 fully saturated rings. The molecule has 0 saturated heterocycles. The number of hydrogen-bond donors (Lipinski definition) is 1. The second kappa shape index (κ2) is 7.38. The minimum absolute atomic E-state index is 0.161. The summed E-state index contributed by atoms with van der Waals surface area (Å²) in [7, 11) is 0. The van der Waals surface area contributed by atoms with Crippen LogP contribution in [0.5, 0.6) is 11.5 Å². The van der Waals surface area contributed by atoms with E-state index in [9.17, 15) is 13.2 Å². The monoisotopic (exact) mass is 291 g/mol. The van der Waals surface area contributed by atoms with Crippen LogP contribution in [0.25, 0.3) is 0 Å². The standard InChI is InChI=1S/C14H20F3NO2/c1-3-6-19-12-5-4-11(7-10(2)18)13(8-12)20-9-14(15,16)17/h4-5,8,10H,3,6-7,9,18H2,1-2H3. The maximum Gasteiger partial charge on any atom is 0.422 e. The molecular formula is C14H20F3NO2. The summed E-state index contributed by atoms with van der Waals surface area (Å²) < 4.78 is 47.0. The second-order valence-electron chi connectivity index (χ2n) is 4.70. The Morgan fingerprint density at radius 1 is 1.25 bits per heavy atom. The highest BCUT2D eigenvalue weighted by Gasteiger charge is 2.29. The van der Waals surface area contributed by atoms with Crippen molar-refractivity contribution in [2.24, 2.45) is 5.73 Å². The molecule has 0 radical (unpaired) electrons. The van der Waals surface area contributed by atoms with E-state index < -0.39 is 12.8 Å². The lowest BCUT2D eigenvalue weighted by Crippen LogP contribution is -2.21. The van der Waals surface area contributed by atoms with E-state index in [0.717, 1.165) is 6.42 Å². The van der Waals surface area contributed by atoms with Crippen LogP contribution >= 0.6 is 0 Å². The van der Waals surface area contributed by atoms with Gasteiger partial charge in [0.15, 0.2) is 6.61 Å². The zero-order valence-electron chi connectivity index (χ0n) is 11.7. The van der Waals surface area contributed by atoms with Gasteiger partial charge >= 0.3 is 6.18 Å². The molecule has 0 aliphatic heterocycles. The molecule has 1 aromatic rings. The first-order chi connectivity index (χ1) is 9.31. The predicted molar refractivity (Wildman–Crippen MR) is 71.1 cm³/mol. The van der Waals surface area contributed by atoms with E-state index >= 15 is 0 Å². The topological polar surface area (TPSA) is 44.5 Å². The van der Waals surface area contributed by atoms with Crippen molar-refractivity contribution in [2.45, 2.75) is 38.9 Å². The van der Waals surface area contributed by atoms with Gasteiger partial charge < -0.3 is 15.2 Å². The van der Waals surface area contributed by atoms with Crippen molar-refractivity contribution in [3.8, 4) is 11.5 Å². The largest absolute Gasteiger partial charge is 0.493 e. The summed E-state index contributed by atoms with van der Waals surface area (Å²) in [6.07, 6.45) is -3.10. The third kappa shape index (κ3) is 6.14. The highest BCUT2D eigenvalue weighted by molar-refractivity contribution is 5.41. The summed E-state index contributed by atoms with van der Waals surface area (Å²) in [5.74, 6) is 0.672. The maximum absolute atomic E-state index is 12.3. The third-order valence-electron chi connectivity index (χ3n) is 2.44. The molecule has 1 atom stereocenters. The van der Waals surface area contributed by atoms with Crippen molar-refractivity contribution in [2.75, 3.05) is 13.2 Å². The number of ether oxygens (including phenoxy) is 2. The SMILES string of the molecule is CCCOc1ccc(CC(C)N)c(OCC(F)(F)F)c1. The van der Waals surface area contributed by atoms with Crippen LogP contribution in [0.15, 0.2) is 18.2 Å². The van der Waals surface area contributed by atoms with Crippen LogP contribution in [0.3, 0.4) is 0 Å². The van der Waals surface area contributed by atoms with Crippen LogP contribution in [-0.2, 0) is 6.42 Å². The summed E-state index contributed by atoms with van der Waals surface area (Å²) in [5, 5.41) is 0. The van der Waals surface area contributed by atoms with Crippen LogP contribution in [0.4, 0.5) is 13.2 Å². The number of benzene rings is 1. The van der Waals surface area contributed by atoms with Crippen LogP contribution in [0.1, 0.15) is 25.8 Å². The molecule has 1 unspecified atom stereocenters. The number of halogens is 3. The van der Waals surface area contributed by atoms with Gasteiger partial charge in [0, 0.05) is 12.1 Å². The van der Waals surface area contributed by atoms with Gasteiger partial charge in [-0.3, -0.25) is 0 Å². The molecule has 1 rings (SSSR count). The molecule has 3 nitrogen and oxygen atoms in total. The highest BCUT2D eigenvalue weighted by atomic mass is 19.4. The molecule has 114 valence electrons. The molecule has 0 amide bonds. The predicted octanol–water partition coefficient (Wildman–Crippen LogP) is 3.31. The number of nitrogens with two attached hydrogens (primary N) is 1. The Morgan fingerprint density at radius 2 is 1.95 bits per heavy atom. The third-order valence-corrected chi connectivity index (χ3v) is 2.44. The summed E-state index contributed by atoms with van der Waals surface area (Å²) in [4.78, 5) is 0. The van der Waals surface area contributed by atoms with Gasteiger partial charge in [-0.2, -0.15) is 13.2 Å². The maximum atomic E-state index is 12.3. The number of rotatable bonds is 7. The Morgan fingerprint density at radius 3 is 2.50 bits per heavy atom. The second-order valence-corrected chi connectivity index (χ2v) is 4.70. The van der Waals surface area contributed by atoms with E-state index in [-0.39, 0.29) is 11.8 Å². The summed E-state index contributed by atoms with van der Waals surface area (Å²) >= 11 is 0. The van der Waals surface area contributed by atoms with Gasteiger partial charge in [-0.15, -0.1) is 0 Å². The van der Waals surface area contributed by atoms with Gasteiger partial charge in [-0.1, -0.05) is 13.0 Å². The molecule has 0 heterocycles. The first-order valence-corrected chi connectivity index (χ1v) is 6.52. The number of alkyl halides is 3. The molecule has 0 aliphatic rings. The van der Waals surface area contributed by atoms with E-state index in [1.165, 1.54) is 6.07 Å². The zero-order valence-corrected chi connectivity index (χ0v) is 11.7. The minimum atomic E-state index is -4.37. The zero-order chi connectivity index (χ0) is 15.2. The van der Waals surface area contributed by atoms with E-state index in [1.807, 2.05) is 6.92 Å². The molecule has 0 aliphatic carbocycles. The average molecular weight is 291 g/mol. The molecule has 0 spiro atoms. The van der Waals surface area contributed by atoms with Gasteiger partial charge in [0.25, 0.3) is 0 Å². The van der Waals surface area contributed by atoms with E-state index in [4.69, 9.17) is 15.2 Å². The lowest BCUT2D eigenvalue weighted by Gasteiger charge is -2.16. The molecule has 0 bridgehead atoms. The Hall–Kier alpha value is -1.43. The van der Waals surface area contributed by atoms with Gasteiger partial charge in [-0.05, 0) is 31.4 Å². The molecule has 0 saturated carbocycles. The average Bonchev–Trinajstić information content (AvgIpc) is 2.34. The highest BCUT2D eigenvalue weighted by Crippen LogP contribution is 2.28. The fraction of sp³-hybridized carbons (Fsp3) is 0.571. The van der Waals surface area contributed by atoms with Crippen molar-refractivity contribution in [3.05, 3.63) is 23.8 Å². The molecule has 1 aromatic carbocycles. The Labute approximate surface area is 116 Å². The molecular weight excluding hydrogens is 271 g/mol. The van der Waals surface area contributed by atoms with E-state index in [2.05, 4.69) is 0 Å². The summed E-state index contributed by atoms with van der Waals surface area (Å²) in [6.45, 7) is 2.92. The van der Waals surface area contributed by atoms with Gasteiger partial charge in [0.05, 0.1) is 6.61 Å². The van der Waals surface area contributed by atoms with Crippen LogP contribution in [0.2, 0.25) is 0 Å². The first kappa shape index (κ1) is 16.6. The van der Waals surface area contributed by atoms with Crippen molar-refractivity contribution < 1.29 is 22.6 Å².